The molecule has 0 heterocycles. The highest BCUT2D eigenvalue weighted by Crippen LogP contribution is 2.32. The summed E-state index contributed by atoms with van der Waals surface area (Å²) in [7, 11) is 0. The van der Waals surface area contributed by atoms with Crippen LogP contribution in [0.2, 0.25) is 0 Å². The zero-order chi connectivity index (χ0) is 16.8. The molecule has 0 bridgehead atoms. The Kier molecular flexibility index (Phi) is 11.6. The lowest BCUT2D eigenvalue weighted by Gasteiger charge is -2.25. The van der Waals surface area contributed by atoms with Gasteiger partial charge in [0.1, 0.15) is 0 Å². The van der Waals surface area contributed by atoms with E-state index < -0.39 is 12.6 Å². The summed E-state index contributed by atoms with van der Waals surface area (Å²) >= 11 is 0. The van der Waals surface area contributed by atoms with Gasteiger partial charge in [0.15, 0.2) is 0 Å². The first-order valence-corrected chi connectivity index (χ1v) is 7.97. The van der Waals surface area contributed by atoms with E-state index in [1.807, 2.05) is 0 Å². The van der Waals surface area contributed by atoms with Crippen molar-refractivity contribution in [3.05, 3.63) is 0 Å². The summed E-state index contributed by atoms with van der Waals surface area (Å²) in [5, 5.41) is 0. The lowest BCUT2D eigenvalue weighted by molar-refractivity contribution is -0.191. The average Bonchev–Trinajstić information content (AvgIpc) is 2.45. The zero-order valence-corrected chi connectivity index (χ0v) is 13.2. The van der Waals surface area contributed by atoms with Gasteiger partial charge in [0.25, 0.3) is 0 Å². The predicted octanol–water partition coefficient (Wildman–Crippen LogP) is 5.14. The molecule has 1 aliphatic carbocycles. The predicted molar refractivity (Wildman–Crippen MR) is 77.7 cm³/mol. The Morgan fingerprint density at radius 2 is 1.64 bits per heavy atom. The van der Waals surface area contributed by atoms with Crippen molar-refractivity contribution in [3.63, 3.8) is 0 Å². The highest BCUT2D eigenvalue weighted by molar-refractivity contribution is 5.20. The van der Waals surface area contributed by atoms with Gasteiger partial charge in [-0.2, -0.15) is 22.8 Å². The van der Waals surface area contributed by atoms with E-state index in [0.29, 0.717) is 18.3 Å². The lowest BCUT2D eigenvalue weighted by Crippen LogP contribution is -2.14. The van der Waals surface area contributed by atoms with E-state index in [4.69, 9.17) is 9.59 Å². The summed E-state index contributed by atoms with van der Waals surface area (Å²) < 4.78 is 36.0. The van der Waals surface area contributed by atoms with Gasteiger partial charge in [-0.05, 0) is 44.4 Å². The van der Waals surface area contributed by atoms with Crippen LogP contribution in [-0.4, -0.2) is 12.3 Å². The molecule has 0 aromatic heterocycles. The number of unbranched alkanes of at least 4 members (excludes halogenated alkanes) is 2. The average molecular weight is 318 g/mol. The van der Waals surface area contributed by atoms with Crippen LogP contribution in [0.3, 0.4) is 0 Å². The molecule has 22 heavy (non-hydrogen) atoms. The van der Waals surface area contributed by atoms with Crippen LogP contribution in [0.4, 0.5) is 13.2 Å². The van der Waals surface area contributed by atoms with Gasteiger partial charge in [-0.25, -0.2) is 0 Å². The minimum Gasteiger partial charge on any atom is -0.186 e. The molecule has 2 nitrogen and oxygen atoms in total. The summed E-state index contributed by atoms with van der Waals surface area (Å²) in [4.78, 5) is 16.2. The zero-order valence-electron chi connectivity index (χ0n) is 13.2. The molecule has 0 N–H and O–H groups in total. The highest BCUT2D eigenvalue weighted by Gasteiger charge is 2.26. The fourth-order valence-electron chi connectivity index (χ4n) is 2.70. The minimum absolute atomic E-state index is 0.250. The fourth-order valence-corrected chi connectivity index (χ4v) is 2.70. The molecule has 1 saturated carbocycles. The molecule has 0 aromatic rings. The first-order chi connectivity index (χ1) is 10.4. The molecule has 1 rings (SSSR count). The van der Waals surface area contributed by atoms with Crippen LogP contribution in [0.5, 0.6) is 0 Å². The highest BCUT2D eigenvalue weighted by atomic mass is 19.4. The third-order valence-corrected chi connectivity index (χ3v) is 3.85. The maximum Gasteiger partial charge on any atom is 0.389 e. The quantitative estimate of drug-likeness (QED) is 0.520. The van der Waals surface area contributed by atoms with Gasteiger partial charge in [-0.1, -0.05) is 25.7 Å². The van der Waals surface area contributed by atoms with Crippen molar-refractivity contribution in [3.8, 4) is 11.8 Å². The SMILES string of the molecule is CCCC#CC1CCC(CCCCC(F)(F)F)CC1.O=C=O. The molecule has 0 aliphatic heterocycles. The second-order valence-corrected chi connectivity index (χ2v) is 5.73. The summed E-state index contributed by atoms with van der Waals surface area (Å²) in [6.07, 6.45) is 4.30. The molecule has 0 unspecified atom stereocenters. The number of hydrogen-bond acceptors (Lipinski definition) is 2. The molecular weight excluding hydrogens is 293 g/mol. The van der Waals surface area contributed by atoms with Crippen LogP contribution in [0.25, 0.3) is 0 Å². The minimum atomic E-state index is -3.98. The number of carbonyl (C=O) groups excluding carboxylic acids is 2. The Morgan fingerprint density at radius 1 is 1.05 bits per heavy atom. The van der Waals surface area contributed by atoms with Crippen LogP contribution < -0.4 is 0 Å². The molecule has 0 spiro atoms. The largest absolute Gasteiger partial charge is 0.389 e. The van der Waals surface area contributed by atoms with Gasteiger partial charge < -0.3 is 0 Å². The van der Waals surface area contributed by atoms with E-state index in [1.165, 1.54) is 0 Å². The lowest BCUT2D eigenvalue weighted by atomic mass is 9.80. The van der Waals surface area contributed by atoms with Crippen molar-refractivity contribution in [1.29, 1.82) is 0 Å². The van der Waals surface area contributed by atoms with E-state index in [0.717, 1.165) is 51.4 Å². The molecular formula is C17H25F3O2. The molecule has 0 aromatic carbocycles. The number of alkyl halides is 3. The van der Waals surface area contributed by atoms with E-state index in [-0.39, 0.29) is 6.15 Å². The topological polar surface area (TPSA) is 34.1 Å². The van der Waals surface area contributed by atoms with Gasteiger partial charge >= 0.3 is 12.3 Å². The van der Waals surface area contributed by atoms with Gasteiger partial charge in [-0.3, -0.25) is 0 Å². The van der Waals surface area contributed by atoms with E-state index in [1.54, 1.807) is 0 Å². The molecule has 0 radical (unpaired) electrons. The van der Waals surface area contributed by atoms with E-state index in [9.17, 15) is 13.2 Å². The molecule has 0 amide bonds. The van der Waals surface area contributed by atoms with Crippen LogP contribution in [-0.2, 0) is 9.59 Å². The first kappa shape index (κ1) is 20.7. The van der Waals surface area contributed by atoms with Crippen LogP contribution in [0, 0.1) is 23.7 Å². The Labute approximate surface area is 130 Å². The Bertz CT molecular complexity index is 366. The van der Waals surface area contributed by atoms with E-state index >= 15 is 0 Å². The van der Waals surface area contributed by atoms with Crippen molar-refractivity contribution < 1.29 is 22.8 Å². The van der Waals surface area contributed by atoms with Gasteiger partial charge in [-0.15, -0.1) is 5.92 Å². The summed E-state index contributed by atoms with van der Waals surface area (Å²) in [6.45, 7) is 2.13. The molecule has 5 heteroatoms. The van der Waals surface area contributed by atoms with Crippen LogP contribution in [0.15, 0.2) is 0 Å². The van der Waals surface area contributed by atoms with Crippen LogP contribution in [0.1, 0.15) is 71.1 Å². The van der Waals surface area contributed by atoms with Crippen molar-refractivity contribution >= 4 is 6.15 Å². The third kappa shape index (κ3) is 12.5. The van der Waals surface area contributed by atoms with Crippen molar-refractivity contribution in [2.75, 3.05) is 0 Å². The standard InChI is InChI=1S/C16H25F3.CO2/c1-2-3-4-7-14-9-11-15(12-10-14)8-5-6-13-16(17,18)19;2-1-3/h14-15H,2-3,5-6,8-13H2,1H3;. The second kappa shape index (κ2) is 12.3. The summed E-state index contributed by atoms with van der Waals surface area (Å²) in [5.74, 6) is 7.72. The van der Waals surface area contributed by atoms with Gasteiger partial charge in [0, 0.05) is 18.8 Å². The van der Waals surface area contributed by atoms with Crippen LogP contribution >= 0.6 is 0 Å². The molecule has 1 fully saturated rings. The molecule has 0 saturated heterocycles. The smallest absolute Gasteiger partial charge is 0.186 e. The van der Waals surface area contributed by atoms with Crippen molar-refractivity contribution in [2.24, 2.45) is 11.8 Å². The number of rotatable bonds is 5. The Balaban J connectivity index is 0.00000135. The van der Waals surface area contributed by atoms with E-state index in [2.05, 4.69) is 18.8 Å². The van der Waals surface area contributed by atoms with Gasteiger partial charge in [0.2, 0.25) is 0 Å². The third-order valence-electron chi connectivity index (χ3n) is 3.85. The maximum absolute atomic E-state index is 12.0. The maximum atomic E-state index is 12.0. The molecule has 126 valence electrons. The number of halogens is 3. The van der Waals surface area contributed by atoms with Crippen molar-refractivity contribution in [2.45, 2.75) is 77.3 Å². The van der Waals surface area contributed by atoms with Gasteiger partial charge in [0.05, 0.1) is 0 Å². The number of hydrogen-bond donors (Lipinski definition) is 0. The normalized spacial score (nSPS) is 20.9. The Hall–Kier alpha value is -1.27. The van der Waals surface area contributed by atoms with Crippen molar-refractivity contribution in [1.82, 2.24) is 0 Å². The second-order valence-electron chi connectivity index (χ2n) is 5.73. The summed E-state index contributed by atoms with van der Waals surface area (Å²) in [6, 6.07) is 0. The fraction of sp³-hybridized carbons (Fsp3) is 0.824. The monoisotopic (exact) mass is 318 g/mol. The summed E-state index contributed by atoms with van der Waals surface area (Å²) in [5.41, 5.74) is 0. The molecule has 0 atom stereocenters. The molecule has 1 aliphatic rings. The first-order valence-electron chi connectivity index (χ1n) is 7.97. The Morgan fingerprint density at radius 3 is 2.14 bits per heavy atom.